The van der Waals surface area contributed by atoms with Crippen LogP contribution in [0.15, 0.2) is 0 Å². The van der Waals surface area contributed by atoms with Gasteiger partial charge in [0.05, 0.1) is 0 Å². The van der Waals surface area contributed by atoms with E-state index in [0.717, 1.165) is 19.5 Å². The Labute approximate surface area is 86.7 Å². The van der Waals surface area contributed by atoms with Gasteiger partial charge in [-0.15, -0.1) is 0 Å². The van der Waals surface area contributed by atoms with Crippen molar-refractivity contribution in [3.05, 3.63) is 0 Å². The summed E-state index contributed by atoms with van der Waals surface area (Å²) < 4.78 is 5.12. The summed E-state index contributed by atoms with van der Waals surface area (Å²) in [5.74, 6) is 0. The van der Waals surface area contributed by atoms with Crippen LogP contribution in [0.25, 0.3) is 0 Å². The van der Waals surface area contributed by atoms with Gasteiger partial charge in [-0.1, -0.05) is 0 Å². The first kappa shape index (κ1) is 13.2. The summed E-state index contributed by atoms with van der Waals surface area (Å²) in [6.45, 7) is 7.40. The Morgan fingerprint density at radius 1 is 1.57 bits per heavy atom. The molecule has 1 rings (SSSR count). The van der Waals surface area contributed by atoms with Crippen LogP contribution in [0.1, 0.15) is 30.0 Å². The molecule has 1 amide bonds. The van der Waals surface area contributed by atoms with E-state index in [2.05, 4.69) is 10.6 Å². The molecule has 0 aliphatic carbocycles. The molecule has 0 spiro atoms. The highest BCUT2D eigenvalue weighted by Crippen LogP contribution is 2.07. The molecule has 0 unspecified atom stereocenters. The average molecular weight is 210 g/mol. The van der Waals surface area contributed by atoms with Gasteiger partial charge in [-0.05, 0) is 33.7 Å². The van der Waals surface area contributed by atoms with Crippen LogP contribution in [0.2, 0.25) is 0 Å². The Bertz CT molecular complexity index is 194. The second-order valence-electron chi connectivity index (χ2n) is 4.34. The lowest BCUT2D eigenvalue weighted by Gasteiger charge is -2.21. The van der Waals surface area contributed by atoms with Gasteiger partial charge in [-0.2, -0.15) is 0 Å². The van der Waals surface area contributed by atoms with E-state index >= 15 is 0 Å². The molecule has 88 valence electrons. The Balaban J connectivity index is -0.000000563. The summed E-state index contributed by atoms with van der Waals surface area (Å²) in [5, 5.41) is 5.98. The molecule has 1 atom stereocenters. The molecule has 1 heterocycles. The molecule has 2 N–H and O–H groups in total. The molecule has 0 aromatic heterocycles. The van der Waals surface area contributed by atoms with Crippen LogP contribution in [0.3, 0.4) is 0 Å². The maximum Gasteiger partial charge on any atom is 0.407 e. The van der Waals surface area contributed by atoms with Crippen molar-refractivity contribution in [2.45, 2.75) is 38.8 Å². The molecule has 1 aliphatic heterocycles. The van der Waals surface area contributed by atoms with E-state index < -0.39 is 5.60 Å². The van der Waals surface area contributed by atoms with Gasteiger partial charge in [0.15, 0.2) is 0 Å². The zero-order valence-electron chi connectivity index (χ0n) is 8.92. The van der Waals surface area contributed by atoms with E-state index in [9.17, 15) is 4.79 Å². The molecule has 0 radical (unpaired) electrons. The smallest absolute Gasteiger partial charge is 0.407 e. The molecule has 1 fully saturated rings. The zero-order chi connectivity index (χ0) is 9.90. The second-order valence-corrected chi connectivity index (χ2v) is 4.34. The number of carbonyl (C=O) groups is 1. The molecule has 1 saturated heterocycles. The van der Waals surface area contributed by atoms with Crippen LogP contribution < -0.4 is 10.6 Å². The monoisotopic (exact) mass is 210 g/mol. The molecule has 1 aliphatic rings. The van der Waals surface area contributed by atoms with Crippen LogP contribution in [0.4, 0.5) is 9.50 Å². The van der Waals surface area contributed by atoms with Crippen LogP contribution in [-0.2, 0) is 4.74 Å². The summed E-state index contributed by atoms with van der Waals surface area (Å²) in [5.41, 5.74) is -0.407. The molecule has 0 bridgehead atoms. The van der Waals surface area contributed by atoms with Gasteiger partial charge in [-0.3, -0.25) is 4.70 Å². The minimum atomic E-state index is -0.407. The second kappa shape index (κ2) is 5.14. The minimum absolute atomic E-state index is 0. The quantitative estimate of drug-likeness (QED) is 0.690. The summed E-state index contributed by atoms with van der Waals surface area (Å²) in [7, 11) is 0. The fourth-order valence-corrected chi connectivity index (χ4v) is 1.25. The Kier molecular flexibility index (Phi) is 4.83. The SMILES string of the molecule is CC(C)(C)OC(=O)N[C@@H]1CCNC1.F.[HH].[HH]. The number of halogens is 1. The molecular formula is C9H23FN2O2. The van der Waals surface area contributed by atoms with Gasteiger partial charge in [0.25, 0.3) is 0 Å². The number of nitrogens with one attached hydrogen (secondary N) is 2. The third-order valence-electron chi connectivity index (χ3n) is 1.78. The Hall–Kier alpha value is -0.840. The average Bonchev–Trinajstić information content (AvgIpc) is 2.34. The lowest BCUT2D eigenvalue weighted by atomic mass is 10.2. The number of amides is 1. The highest BCUT2D eigenvalue weighted by atomic mass is 19.0. The molecule has 0 aromatic carbocycles. The fourth-order valence-electron chi connectivity index (χ4n) is 1.25. The van der Waals surface area contributed by atoms with E-state index in [1.807, 2.05) is 20.8 Å². The van der Waals surface area contributed by atoms with E-state index in [4.69, 9.17) is 4.74 Å². The van der Waals surface area contributed by atoms with Crippen LogP contribution >= 0.6 is 0 Å². The van der Waals surface area contributed by atoms with E-state index in [-0.39, 0.29) is 19.7 Å². The zero-order valence-corrected chi connectivity index (χ0v) is 8.92. The van der Waals surface area contributed by atoms with Crippen molar-refractivity contribution in [2.24, 2.45) is 0 Å². The first-order valence-corrected chi connectivity index (χ1v) is 4.67. The number of alkyl carbamates (subject to hydrolysis) is 1. The van der Waals surface area contributed by atoms with Gasteiger partial charge >= 0.3 is 6.09 Å². The first-order valence-electron chi connectivity index (χ1n) is 4.67. The van der Waals surface area contributed by atoms with Crippen LogP contribution in [0, 0.1) is 0 Å². The lowest BCUT2D eigenvalue weighted by Crippen LogP contribution is -2.40. The number of hydrogen-bond donors (Lipinski definition) is 2. The Morgan fingerprint density at radius 3 is 2.64 bits per heavy atom. The molecular weight excluding hydrogens is 187 g/mol. The van der Waals surface area contributed by atoms with Crippen molar-refractivity contribution in [3.8, 4) is 0 Å². The summed E-state index contributed by atoms with van der Waals surface area (Å²) in [4.78, 5) is 11.3. The number of carbonyl (C=O) groups excluding carboxylic acids is 1. The molecule has 0 aromatic rings. The van der Waals surface area contributed by atoms with Crippen molar-refractivity contribution in [3.63, 3.8) is 0 Å². The van der Waals surface area contributed by atoms with Gasteiger partial charge in [0.1, 0.15) is 5.60 Å². The predicted octanol–water partition coefficient (Wildman–Crippen LogP) is 1.52. The number of hydrogen-bond acceptors (Lipinski definition) is 3. The topological polar surface area (TPSA) is 50.4 Å². The van der Waals surface area contributed by atoms with Crippen molar-refractivity contribution in [2.75, 3.05) is 13.1 Å². The van der Waals surface area contributed by atoms with Crippen molar-refractivity contribution < 1.29 is 17.1 Å². The van der Waals surface area contributed by atoms with Crippen LogP contribution in [0.5, 0.6) is 0 Å². The van der Waals surface area contributed by atoms with Crippen LogP contribution in [-0.4, -0.2) is 30.8 Å². The van der Waals surface area contributed by atoms with Crippen molar-refractivity contribution in [1.29, 1.82) is 0 Å². The normalized spacial score (nSPS) is 21.2. The highest BCUT2D eigenvalue weighted by molar-refractivity contribution is 5.68. The van der Waals surface area contributed by atoms with Gasteiger partial charge < -0.3 is 15.4 Å². The molecule has 4 nitrogen and oxygen atoms in total. The molecule has 5 heteroatoms. The van der Waals surface area contributed by atoms with E-state index in [1.54, 1.807) is 0 Å². The summed E-state index contributed by atoms with van der Waals surface area (Å²) >= 11 is 0. The largest absolute Gasteiger partial charge is 0.444 e. The van der Waals surface area contributed by atoms with E-state index in [1.165, 1.54) is 0 Å². The minimum Gasteiger partial charge on any atom is -0.444 e. The number of ether oxygens (including phenoxy) is 1. The van der Waals surface area contributed by atoms with E-state index in [0.29, 0.717) is 0 Å². The molecule has 14 heavy (non-hydrogen) atoms. The van der Waals surface area contributed by atoms with Crippen molar-refractivity contribution in [1.82, 2.24) is 10.6 Å². The maximum absolute atomic E-state index is 11.3. The molecule has 0 saturated carbocycles. The number of rotatable bonds is 1. The van der Waals surface area contributed by atoms with Crippen molar-refractivity contribution >= 4 is 6.09 Å². The maximum atomic E-state index is 11.3. The summed E-state index contributed by atoms with van der Waals surface area (Å²) in [6.07, 6.45) is 0.667. The standard InChI is InChI=1S/C9H18N2O2.FH.2H2/c1-9(2,3)13-8(12)11-7-4-5-10-6-7;;;/h7,10H,4-6H2,1-3H3,(H,11,12);3*1H/t7-;;;/m1.../s1. The Morgan fingerprint density at radius 2 is 2.21 bits per heavy atom. The highest BCUT2D eigenvalue weighted by Gasteiger charge is 2.21. The third kappa shape index (κ3) is 5.01. The van der Waals surface area contributed by atoms with Gasteiger partial charge in [-0.25, -0.2) is 4.79 Å². The lowest BCUT2D eigenvalue weighted by molar-refractivity contribution is 0.0508. The fraction of sp³-hybridized carbons (Fsp3) is 0.889. The predicted molar refractivity (Wildman–Crippen MR) is 57.4 cm³/mol. The van der Waals surface area contributed by atoms with Gasteiger partial charge in [0, 0.05) is 15.4 Å². The summed E-state index contributed by atoms with van der Waals surface area (Å²) in [6, 6.07) is 0.231. The third-order valence-corrected chi connectivity index (χ3v) is 1.78. The first-order chi connectivity index (χ1) is 5.97. The van der Waals surface area contributed by atoms with Gasteiger partial charge in [0.2, 0.25) is 0 Å².